The van der Waals surface area contributed by atoms with E-state index in [-0.39, 0.29) is 11.3 Å². The molecule has 1 aromatic rings. The fourth-order valence-corrected chi connectivity index (χ4v) is 3.48. The van der Waals surface area contributed by atoms with Crippen LogP contribution in [0.2, 0.25) is 0 Å². The van der Waals surface area contributed by atoms with E-state index >= 15 is 0 Å². The largest absolute Gasteiger partial charge is 0.486 e. The summed E-state index contributed by atoms with van der Waals surface area (Å²) >= 11 is 0. The lowest BCUT2D eigenvalue weighted by molar-refractivity contribution is -0.121. The minimum absolute atomic E-state index is 0.0140. The van der Waals surface area contributed by atoms with Gasteiger partial charge < -0.3 is 20.5 Å². The molecule has 5 nitrogen and oxygen atoms in total. The van der Waals surface area contributed by atoms with E-state index in [4.69, 9.17) is 15.2 Å². The Hall–Kier alpha value is -1.75. The number of amides is 1. The highest BCUT2D eigenvalue weighted by Gasteiger charge is 2.36. The van der Waals surface area contributed by atoms with Gasteiger partial charge in [0.05, 0.1) is 0 Å². The summed E-state index contributed by atoms with van der Waals surface area (Å²) in [7, 11) is 0. The van der Waals surface area contributed by atoms with Gasteiger partial charge in [-0.3, -0.25) is 4.79 Å². The summed E-state index contributed by atoms with van der Waals surface area (Å²) in [6.07, 6.45) is 4.96. The number of carbonyl (C=O) groups is 1. The smallest absolute Gasteiger partial charge is 0.221 e. The first-order chi connectivity index (χ1) is 10.7. The second-order valence-electron chi connectivity index (χ2n) is 6.16. The molecule has 3 rings (SSSR count). The Morgan fingerprint density at radius 1 is 1.18 bits per heavy atom. The summed E-state index contributed by atoms with van der Waals surface area (Å²) < 4.78 is 11.3. The van der Waals surface area contributed by atoms with Crippen molar-refractivity contribution >= 4 is 5.91 Å². The Morgan fingerprint density at radius 3 is 2.64 bits per heavy atom. The van der Waals surface area contributed by atoms with Gasteiger partial charge >= 0.3 is 0 Å². The molecule has 22 heavy (non-hydrogen) atoms. The molecule has 0 radical (unpaired) electrons. The van der Waals surface area contributed by atoms with E-state index in [0.29, 0.717) is 32.7 Å². The zero-order chi connectivity index (χ0) is 15.4. The molecule has 0 saturated heterocycles. The number of fused-ring (bicyclic) bond motifs is 1. The van der Waals surface area contributed by atoms with E-state index in [2.05, 4.69) is 17.4 Å². The fraction of sp³-hybridized carbons (Fsp3) is 0.588. The van der Waals surface area contributed by atoms with Gasteiger partial charge in [-0.2, -0.15) is 0 Å². The summed E-state index contributed by atoms with van der Waals surface area (Å²) in [5.74, 6) is 1.67. The first-order valence-corrected chi connectivity index (χ1v) is 8.10. The first-order valence-electron chi connectivity index (χ1n) is 8.10. The minimum atomic E-state index is 0.0140. The van der Waals surface area contributed by atoms with Gasteiger partial charge in [0.1, 0.15) is 13.2 Å². The zero-order valence-electron chi connectivity index (χ0n) is 12.9. The summed E-state index contributed by atoms with van der Waals surface area (Å²) in [6, 6.07) is 6.20. The summed E-state index contributed by atoms with van der Waals surface area (Å²) in [5, 5.41) is 3.05. The Morgan fingerprint density at radius 2 is 1.91 bits per heavy atom. The van der Waals surface area contributed by atoms with Crippen LogP contribution in [0.15, 0.2) is 18.2 Å². The number of nitrogens with two attached hydrogens (primary N) is 1. The predicted molar refractivity (Wildman–Crippen MR) is 84.3 cm³/mol. The van der Waals surface area contributed by atoms with Crippen molar-refractivity contribution in [3.8, 4) is 11.5 Å². The third-order valence-corrected chi connectivity index (χ3v) is 4.71. The molecule has 1 fully saturated rings. The molecule has 2 aliphatic rings. The van der Waals surface area contributed by atoms with Gasteiger partial charge in [-0.05, 0) is 30.5 Å². The number of benzene rings is 1. The molecule has 0 spiro atoms. The van der Waals surface area contributed by atoms with Crippen molar-refractivity contribution in [1.82, 2.24) is 5.32 Å². The first kappa shape index (κ1) is 15.2. The fourth-order valence-electron chi connectivity index (χ4n) is 3.48. The van der Waals surface area contributed by atoms with Crippen LogP contribution in [-0.2, 0) is 10.2 Å². The molecule has 0 aromatic heterocycles. The van der Waals surface area contributed by atoms with Crippen molar-refractivity contribution in [2.24, 2.45) is 5.73 Å². The lowest BCUT2D eigenvalue weighted by atomic mass is 9.78. The Balaban J connectivity index is 1.79. The Kier molecular flexibility index (Phi) is 4.52. The monoisotopic (exact) mass is 304 g/mol. The molecule has 5 heteroatoms. The number of nitrogens with one attached hydrogen (secondary N) is 1. The van der Waals surface area contributed by atoms with Gasteiger partial charge in [0.15, 0.2) is 11.5 Å². The van der Waals surface area contributed by atoms with E-state index < -0.39 is 0 Å². The van der Waals surface area contributed by atoms with E-state index in [0.717, 1.165) is 24.3 Å². The number of hydrogen-bond acceptors (Lipinski definition) is 4. The van der Waals surface area contributed by atoms with Crippen LogP contribution in [0.3, 0.4) is 0 Å². The van der Waals surface area contributed by atoms with Gasteiger partial charge in [-0.25, -0.2) is 0 Å². The van der Waals surface area contributed by atoms with E-state index in [9.17, 15) is 4.79 Å². The number of ether oxygens (including phenoxy) is 2. The summed E-state index contributed by atoms with van der Waals surface area (Å²) in [5.41, 5.74) is 6.69. The van der Waals surface area contributed by atoms with Crippen molar-refractivity contribution in [1.29, 1.82) is 0 Å². The summed E-state index contributed by atoms with van der Waals surface area (Å²) in [6.45, 7) is 2.26. The SMILES string of the molecule is NCCC(=O)NCC1(c2ccc3c(c2)OCCO3)CCCC1. The maximum absolute atomic E-state index is 11.8. The maximum atomic E-state index is 11.8. The van der Waals surface area contributed by atoms with E-state index in [1.807, 2.05) is 6.07 Å². The molecule has 0 atom stereocenters. The molecule has 1 heterocycles. The topological polar surface area (TPSA) is 73.6 Å². The highest BCUT2D eigenvalue weighted by molar-refractivity contribution is 5.76. The van der Waals surface area contributed by atoms with Crippen molar-refractivity contribution < 1.29 is 14.3 Å². The molecule has 0 unspecified atom stereocenters. The zero-order valence-corrected chi connectivity index (χ0v) is 12.9. The van der Waals surface area contributed by atoms with Crippen LogP contribution in [0.25, 0.3) is 0 Å². The van der Waals surface area contributed by atoms with E-state index in [1.165, 1.54) is 18.4 Å². The molecule has 120 valence electrons. The number of hydrogen-bond donors (Lipinski definition) is 2. The van der Waals surface area contributed by atoms with Crippen LogP contribution < -0.4 is 20.5 Å². The number of carbonyl (C=O) groups excluding carboxylic acids is 1. The third kappa shape index (κ3) is 3.04. The molecule has 1 aliphatic heterocycles. The van der Waals surface area contributed by atoms with Crippen LogP contribution in [0, 0.1) is 0 Å². The molecule has 1 amide bonds. The number of rotatable bonds is 5. The van der Waals surface area contributed by atoms with Gasteiger partial charge in [0, 0.05) is 24.9 Å². The second kappa shape index (κ2) is 6.57. The average molecular weight is 304 g/mol. The van der Waals surface area contributed by atoms with Crippen molar-refractivity contribution in [3.63, 3.8) is 0 Å². The van der Waals surface area contributed by atoms with Crippen LogP contribution in [-0.4, -0.2) is 32.2 Å². The Labute approximate surface area is 131 Å². The Bertz CT molecular complexity index is 539. The standard InChI is InChI=1S/C17H24N2O3/c18-8-5-16(20)19-12-17(6-1-2-7-17)13-3-4-14-15(11-13)22-10-9-21-14/h3-4,11H,1-2,5-10,12,18H2,(H,19,20). The maximum Gasteiger partial charge on any atom is 0.221 e. The van der Waals surface area contributed by atoms with Crippen LogP contribution in [0.1, 0.15) is 37.7 Å². The predicted octanol–water partition coefficient (Wildman–Crippen LogP) is 1.73. The quantitative estimate of drug-likeness (QED) is 0.869. The summed E-state index contributed by atoms with van der Waals surface area (Å²) in [4.78, 5) is 11.8. The van der Waals surface area contributed by atoms with Gasteiger partial charge in [0.2, 0.25) is 5.91 Å². The lowest BCUT2D eigenvalue weighted by Crippen LogP contribution is -2.39. The minimum Gasteiger partial charge on any atom is -0.486 e. The van der Waals surface area contributed by atoms with E-state index in [1.54, 1.807) is 0 Å². The molecule has 1 aromatic carbocycles. The van der Waals surface area contributed by atoms with Gasteiger partial charge in [-0.15, -0.1) is 0 Å². The van der Waals surface area contributed by atoms with Crippen LogP contribution >= 0.6 is 0 Å². The lowest BCUT2D eigenvalue weighted by Gasteiger charge is -2.31. The molecule has 0 bridgehead atoms. The molecular formula is C17H24N2O3. The van der Waals surface area contributed by atoms with Crippen LogP contribution in [0.4, 0.5) is 0 Å². The molecule has 1 aliphatic carbocycles. The van der Waals surface area contributed by atoms with Crippen LogP contribution in [0.5, 0.6) is 11.5 Å². The van der Waals surface area contributed by atoms with Crippen molar-refractivity contribution in [2.75, 3.05) is 26.3 Å². The molecule has 3 N–H and O–H groups in total. The normalized spacial score (nSPS) is 19.0. The van der Waals surface area contributed by atoms with Crippen molar-refractivity contribution in [2.45, 2.75) is 37.5 Å². The highest BCUT2D eigenvalue weighted by atomic mass is 16.6. The second-order valence-corrected chi connectivity index (χ2v) is 6.16. The highest BCUT2D eigenvalue weighted by Crippen LogP contribution is 2.43. The third-order valence-electron chi connectivity index (χ3n) is 4.71. The molecule has 1 saturated carbocycles. The van der Waals surface area contributed by atoms with Gasteiger partial charge in [0.25, 0.3) is 0 Å². The average Bonchev–Trinajstić information content (AvgIpc) is 3.03. The van der Waals surface area contributed by atoms with Gasteiger partial charge in [-0.1, -0.05) is 18.9 Å². The van der Waals surface area contributed by atoms with Crippen molar-refractivity contribution in [3.05, 3.63) is 23.8 Å². The molecular weight excluding hydrogens is 280 g/mol.